The van der Waals surface area contributed by atoms with E-state index in [2.05, 4.69) is 46.8 Å². The lowest BCUT2D eigenvalue weighted by Gasteiger charge is -2.30. The second kappa shape index (κ2) is 6.27. The molecule has 0 atom stereocenters. The molecule has 0 aliphatic rings. The smallest absolute Gasteiger partial charge is 0.139 e. The number of halogens is 2. The Morgan fingerprint density at radius 3 is 2.45 bits per heavy atom. The maximum Gasteiger partial charge on any atom is 0.139 e. The standard InChI is InChI=1S/C16H18BrFN2/c1-11(2)20(10-12-6-4-3-5-7-12)16-8-13(17)14(18)9-15(16)19/h3-9,11H,10,19H2,1-2H3. The van der Waals surface area contributed by atoms with Crippen LogP contribution in [-0.2, 0) is 6.54 Å². The van der Waals surface area contributed by atoms with Gasteiger partial charge in [0, 0.05) is 18.7 Å². The van der Waals surface area contributed by atoms with Gasteiger partial charge in [-0.3, -0.25) is 0 Å². The summed E-state index contributed by atoms with van der Waals surface area (Å²) in [7, 11) is 0. The van der Waals surface area contributed by atoms with Gasteiger partial charge in [-0.1, -0.05) is 30.3 Å². The summed E-state index contributed by atoms with van der Waals surface area (Å²) in [5.41, 5.74) is 8.47. The Labute approximate surface area is 127 Å². The van der Waals surface area contributed by atoms with Gasteiger partial charge in [-0.25, -0.2) is 4.39 Å². The summed E-state index contributed by atoms with van der Waals surface area (Å²) in [4.78, 5) is 2.16. The molecule has 4 heteroatoms. The fourth-order valence-electron chi connectivity index (χ4n) is 2.13. The minimum absolute atomic E-state index is 0.259. The summed E-state index contributed by atoms with van der Waals surface area (Å²) in [6.45, 7) is 4.93. The van der Waals surface area contributed by atoms with Gasteiger partial charge in [-0.2, -0.15) is 0 Å². The van der Waals surface area contributed by atoms with E-state index in [4.69, 9.17) is 5.73 Å². The maximum absolute atomic E-state index is 13.5. The first kappa shape index (κ1) is 14.9. The van der Waals surface area contributed by atoms with Gasteiger partial charge >= 0.3 is 0 Å². The normalized spacial score (nSPS) is 10.8. The SMILES string of the molecule is CC(C)N(Cc1ccccc1)c1cc(Br)c(F)cc1N. The minimum Gasteiger partial charge on any atom is -0.397 e. The summed E-state index contributed by atoms with van der Waals surface area (Å²) >= 11 is 3.23. The van der Waals surface area contributed by atoms with Crippen molar-refractivity contribution in [3.05, 3.63) is 58.3 Å². The molecule has 0 amide bonds. The molecule has 0 saturated heterocycles. The lowest BCUT2D eigenvalue weighted by atomic mass is 10.1. The molecular formula is C16H18BrFN2. The Hall–Kier alpha value is -1.55. The van der Waals surface area contributed by atoms with Crippen LogP contribution in [0.5, 0.6) is 0 Å². The molecule has 0 aromatic heterocycles. The monoisotopic (exact) mass is 336 g/mol. The first-order valence-corrected chi connectivity index (χ1v) is 7.33. The quantitative estimate of drug-likeness (QED) is 0.827. The van der Waals surface area contributed by atoms with E-state index in [9.17, 15) is 4.39 Å². The lowest BCUT2D eigenvalue weighted by Crippen LogP contribution is -2.30. The van der Waals surface area contributed by atoms with Gasteiger partial charge < -0.3 is 10.6 Å². The van der Waals surface area contributed by atoms with Gasteiger partial charge in [-0.15, -0.1) is 0 Å². The third-order valence-electron chi connectivity index (χ3n) is 3.20. The lowest BCUT2D eigenvalue weighted by molar-refractivity contribution is 0.620. The van der Waals surface area contributed by atoms with E-state index in [0.29, 0.717) is 10.2 Å². The molecule has 106 valence electrons. The van der Waals surface area contributed by atoms with Crippen molar-refractivity contribution in [2.45, 2.75) is 26.4 Å². The summed E-state index contributed by atoms with van der Waals surface area (Å²) in [6.07, 6.45) is 0. The first-order chi connectivity index (χ1) is 9.49. The zero-order valence-electron chi connectivity index (χ0n) is 11.6. The zero-order chi connectivity index (χ0) is 14.7. The van der Waals surface area contributed by atoms with Gasteiger partial charge in [0.15, 0.2) is 0 Å². The Balaban J connectivity index is 2.37. The minimum atomic E-state index is -0.338. The van der Waals surface area contributed by atoms with E-state index in [-0.39, 0.29) is 11.9 Å². The van der Waals surface area contributed by atoms with Crippen LogP contribution in [0.3, 0.4) is 0 Å². The van der Waals surface area contributed by atoms with Gasteiger partial charge in [-0.05, 0) is 41.4 Å². The molecule has 2 aromatic carbocycles. The molecule has 0 aliphatic carbocycles. The predicted molar refractivity (Wildman–Crippen MR) is 86.3 cm³/mol. The van der Waals surface area contributed by atoms with Crippen LogP contribution in [0, 0.1) is 5.82 Å². The van der Waals surface area contributed by atoms with Crippen molar-refractivity contribution < 1.29 is 4.39 Å². The van der Waals surface area contributed by atoms with E-state index in [1.807, 2.05) is 18.2 Å². The molecule has 0 radical (unpaired) electrons. The number of nitrogens with two attached hydrogens (primary N) is 1. The van der Waals surface area contributed by atoms with Crippen molar-refractivity contribution in [2.24, 2.45) is 0 Å². The highest BCUT2D eigenvalue weighted by Gasteiger charge is 2.16. The number of anilines is 2. The van der Waals surface area contributed by atoms with Crippen LogP contribution in [0.4, 0.5) is 15.8 Å². The van der Waals surface area contributed by atoms with E-state index >= 15 is 0 Å². The molecule has 0 aliphatic heterocycles. The number of rotatable bonds is 4. The second-order valence-electron chi connectivity index (χ2n) is 5.03. The van der Waals surface area contributed by atoms with Crippen LogP contribution >= 0.6 is 15.9 Å². The van der Waals surface area contributed by atoms with Gasteiger partial charge in [0.05, 0.1) is 15.8 Å². The van der Waals surface area contributed by atoms with E-state index in [0.717, 1.165) is 12.2 Å². The van der Waals surface area contributed by atoms with Crippen LogP contribution in [0.1, 0.15) is 19.4 Å². The summed E-state index contributed by atoms with van der Waals surface area (Å²) in [5.74, 6) is -0.338. The van der Waals surface area contributed by atoms with Crippen LogP contribution in [0.2, 0.25) is 0 Å². The number of hydrogen-bond donors (Lipinski definition) is 1. The van der Waals surface area contributed by atoms with Crippen LogP contribution in [0.15, 0.2) is 46.9 Å². The maximum atomic E-state index is 13.5. The third-order valence-corrected chi connectivity index (χ3v) is 3.81. The summed E-state index contributed by atoms with van der Waals surface area (Å²) in [6, 6.07) is 13.5. The molecule has 0 fully saturated rings. The van der Waals surface area contributed by atoms with Crippen molar-refractivity contribution in [1.29, 1.82) is 0 Å². The molecule has 0 heterocycles. The molecule has 0 saturated carbocycles. The average molecular weight is 337 g/mol. The molecule has 0 bridgehead atoms. The number of nitrogens with zero attached hydrogens (tertiary/aromatic N) is 1. The molecular weight excluding hydrogens is 319 g/mol. The van der Waals surface area contributed by atoms with E-state index < -0.39 is 0 Å². The Kier molecular flexibility index (Phi) is 4.65. The topological polar surface area (TPSA) is 29.3 Å². The largest absolute Gasteiger partial charge is 0.397 e. The molecule has 20 heavy (non-hydrogen) atoms. The van der Waals surface area contributed by atoms with Crippen molar-refractivity contribution in [3.8, 4) is 0 Å². The molecule has 0 unspecified atom stereocenters. The van der Waals surface area contributed by atoms with Crippen LogP contribution in [-0.4, -0.2) is 6.04 Å². The Bertz CT molecular complexity index is 585. The highest BCUT2D eigenvalue weighted by Crippen LogP contribution is 2.32. The summed E-state index contributed by atoms with van der Waals surface area (Å²) < 4.78 is 13.9. The number of hydrogen-bond acceptors (Lipinski definition) is 2. The fraction of sp³-hybridized carbons (Fsp3) is 0.250. The predicted octanol–water partition coefficient (Wildman–Crippen LogP) is 4.59. The van der Waals surface area contributed by atoms with Crippen molar-refractivity contribution in [2.75, 3.05) is 10.6 Å². The number of benzene rings is 2. The van der Waals surface area contributed by atoms with Gasteiger partial charge in [0.1, 0.15) is 5.82 Å². The van der Waals surface area contributed by atoms with E-state index in [1.54, 1.807) is 6.07 Å². The Morgan fingerprint density at radius 2 is 1.85 bits per heavy atom. The van der Waals surface area contributed by atoms with Crippen molar-refractivity contribution in [1.82, 2.24) is 0 Å². The number of nitrogen functional groups attached to an aromatic ring is 1. The van der Waals surface area contributed by atoms with Crippen molar-refractivity contribution in [3.63, 3.8) is 0 Å². The molecule has 2 nitrogen and oxygen atoms in total. The average Bonchev–Trinajstić information content (AvgIpc) is 2.41. The molecule has 2 rings (SSSR count). The third kappa shape index (κ3) is 3.31. The molecule has 2 N–H and O–H groups in total. The second-order valence-corrected chi connectivity index (χ2v) is 5.89. The highest BCUT2D eigenvalue weighted by atomic mass is 79.9. The summed E-state index contributed by atoms with van der Waals surface area (Å²) in [5, 5.41) is 0. The van der Waals surface area contributed by atoms with Crippen molar-refractivity contribution >= 4 is 27.3 Å². The van der Waals surface area contributed by atoms with E-state index in [1.165, 1.54) is 11.6 Å². The molecule has 2 aromatic rings. The Morgan fingerprint density at radius 1 is 1.20 bits per heavy atom. The zero-order valence-corrected chi connectivity index (χ0v) is 13.2. The van der Waals surface area contributed by atoms with Crippen LogP contribution in [0.25, 0.3) is 0 Å². The first-order valence-electron chi connectivity index (χ1n) is 6.54. The highest BCUT2D eigenvalue weighted by molar-refractivity contribution is 9.10. The van der Waals surface area contributed by atoms with Gasteiger partial charge in [0.2, 0.25) is 0 Å². The van der Waals surface area contributed by atoms with Gasteiger partial charge in [0.25, 0.3) is 0 Å². The molecule has 0 spiro atoms. The fourth-order valence-corrected chi connectivity index (χ4v) is 2.46. The van der Waals surface area contributed by atoms with Crippen LogP contribution < -0.4 is 10.6 Å².